The molecule has 6 heteroatoms. The molecule has 1 atom stereocenters. The van der Waals surface area contributed by atoms with Gasteiger partial charge in [-0.25, -0.2) is 0 Å². The van der Waals surface area contributed by atoms with Gasteiger partial charge in [-0.15, -0.1) is 12.4 Å². The highest BCUT2D eigenvalue weighted by Gasteiger charge is 2.19. The van der Waals surface area contributed by atoms with Gasteiger partial charge in [0.1, 0.15) is 0 Å². The van der Waals surface area contributed by atoms with E-state index in [1.54, 1.807) is 4.68 Å². The van der Waals surface area contributed by atoms with Gasteiger partial charge in [0, 0.05) is 19.3 Å². The lowest BCUT2D eigenvalue weighted by Crippen LogP contribution is -2.38. The monoisotopic (exact) mass is 286 g/mol. The van der Waals surface area contributed by atoms with Gasteiger partial charge in [0.2, 0.25) is 0 Å². The van der Waals surface area contributed by atoms with Crippen molar-refractivity contribution in [1.29, 1.82) is 0 Å². The number of amides is 1. The van der Waals surface area contributed by atoms with Crippen LogP contribution in [0.2, 0.25) is 0 Å². The van der Waals surface area contributed by atoms with Gasteiger partial charge in [-0.1, -0.05) is 0 Å². The first-order valence-electron chi connectivity index (χ1n) is 6.58. The summed E-state index contributed by atoms with van der Waals surface area (Å²) in [5.74, 6) is 0.559. The minimum Gasteiger partial charge on any atom is -0.352 e. The quantitative estimate of drug-likeness (QED) is 0.877. The molecule has 1 fully saturated rings. The molecule has 0 bridgehead atoms. The van der Waals surface area contributed by atoms with E-state index < -0.39 is 0 Å². The summed E-state index contributed by atoms with van der Waals surface area (Å²) in [6, 6.07) is 0. The number of nitrogens with one attached hydrogen (secondary N) is 2. The Morgan fingerprint density at radius 3 is 2.79 bits per heavy atom. The van der Waals surface area contributed by atoms with Crippen LogP contribution >= 0.6 is 12.4 Å². The third kappa shape index (κ3) is 3.70. The number of carbonyl (C=O) groups is 1. The predicted molar refractivity (Wildman–Crippen MR) is 77.9 cm³/mol. The molecule has 2 heterocycles. The predicted octanol–water partition coefficient (Wildman–Crippen LogP) is 1.19. The van der Waals surface area contributed by atoms with Crippen LogP contribution in [-0.2, 0) is 7.05 Å². The molecule has 1 saturated heterocycles. The molecular weight excluding hydrogens is 264 g/mol. The molecule has 2 rings (SSSR count). The number of hydrogen-bond acceptors (Lipinski definition) is 3. The summed E-state index contributed by atoms with van der Waals surface area (Å²) in [5.41, 5.74) is 2.45. The Morgan fingerprint density at radius 1 is 1.53 bits per heavy atom. The minimum atomic E-state index is 0. The Kier molecular flexibility index (Phi) is 5.82. The van der Waals surface area contributed by atoms with Gasteiger partial charge >= 0.3 is 0 Å². The topological polar surface area (TPSA) is 59.0 Å². The molecule has 1 aromatic heterocycles. The molecule has 0 saturated carbocycles. The van der Waals surface area contributed by atoms with Crippen molar-refractivity contribution in [3.63, 3.8) is 0 Å². The van der Waals surface area contributed by atoms with Gasteiger partial charge < -0.3 is 10.6 Å². The van der Waals surface area contributed by atoms with Crippen LogP contribution in [0.25, 0.3) is 0 Å². The summed E-state index contributed by atoms with van der Waals surface area (Å²) in [5, 5.41) is 10.7. The zero-order chi connectivity index (χ0) is 13.1. The number of nitrogens with zero attached hydrogens (tertiary/aromatic N) is 2. The molecule has 0 radical (unpaired) electrons. The summed E-state index contributed by atoms with van der Waals surface area (Å²) in [4.78, 5) is 12.2. The van der Waals surface area contributed by atoms with Crippen LogP contribution < -0.4 is 10.6 Å². The first-order valence-corrected chi connectivity index (χ1v) is 6.58. The molecule has 0 spiro atoms. The van der Waals surface area contributed by atoms with E-state index in [4.69, 9.17) is 0 Å². The maximum Gasteiger partial charge on any atom is 0.255 e. The van der Waals surface area contributed by atoms with Crippen molar-refractivity contribution < 1.29 is 4.79 Å². The van der Waals surface area contributed by atoms with E-state index in [1.807, 2.05) is 20.9 Å². The minimum absolute atomic E-state index is 0. The summed E-state index contributed by atoms with van der Waals surface area (Å²) < 4.78 is 1.76. The fraction of sp³-hybridized carbons (Fsp3) is 0.692. The second kappa shape index (κ2) is 6.91. The van der Waals surface area contributed by atoms with E-state index in [9.17, 15) is 4.79 Å². The third-order valence-electron chi connectivity index (χ3n) is 3.69. The van der Waals surface area contributed by atoms with Gasteiger partial charge in [0.25, 0.3) is 5.91 Å². The Balaban J connectivity index is 0.00000180. The molecule has 1 aliphatic rings. The molecule has 1 unspecified atom stereocenters. The van der Waals surface area contributed by atoms with E-state index >= 15 is 0 Å². The molecule has 1 aromatic rings. The zero-order valence-corrected chi connectivity index (χ0v) is 12.6. The van der Waals surface area contributed by atoms with Crippen LogP contribution in [-0.4, -0.2) is 35.3 Å². The number of carbonyl (C=O) groups excluding carboxylic acids is 1. The van der Waals surface area contributed by atoms with Crippen molar-refractivity contribution in [3.05, 3.63) is 17.0 Å². The van der Waals surface area contributed by atoms with Crippen molar-refractivity contribution in [2.75, 3.05) is 19.6 Å². The second-order valence-corrected chi connectivity index (χ2v) is 5.09. The Bertz CT molecular complexity index is 438. The molecule has 0 aromatic carbocycles. The zero-order valence-electron chi connectivity index (χ0n) is 11.8. The van der Waals surface area contributed by atoms with Crippen molar-refractivity contribution in [3.8, 4) is 0 Å². The number of hydrogen-bond donors (Lipinski definition) is 2. The van der Waals surface area contributed by atoms with E-state index in [2.05, 4.69) is 15.7 Å². The van der Waals surface area contributed by atoms with Crippen LogP contribution in [0.4, 0.5) is 0 Å². The molecule has 1 amide bonds. The first kappa shape index (κ1) is 16.0. The largest absolute Gasteiger partial charge is 0.352 e. The summed E-state index contributed by atoms with van der Waals surface area (Å²) in [7, 11) is 1.87. The molecule has 1 aliphatic heterocycles. The summed E-state index contributed by atoms with van der Waals surface area (Å²) >= 11 is 0. The molecule has 108 valence electrons. The smallest absolute Gasteiger partial charge is 0.255 e. The average molecular weight is 287 g/mol. The maximum atomic E-state index is 12.2. The van der Waals surface area contributed by atoms with E-state index in [-0.39, 0.29) is 18.3 Å². The number of rotatable bonds is 3. The number of aryl methyl sites for hydroxylation is 2. The molecular formula is C13H23ClN4O. The normalized spacial score (nSPS) is 18.8. The lowest BCUT2D eigenvalue weighted by molar-refractivity contribution is 0.0943. The van der Waals surface area contributed by atoms with Crippen LogP contribution in [0.15, 0.2) is 0 Å². The van der Waals surface area contributed by atoms with Crippen LogP contribution in [0, 0.1) is 19.8 Å². The van der Waals surface area contributed by atoms with Crippen LogP contribution in [0.3, 0.4) is 0 Å². The second-order valence-electron chi connectivity index (χ2n) is 5.09. The van der Waals surface area contributed by atoms with Crippen molar-refractivity contribution >= 4 is 18.3 Å². The van der Waals surface area contributed by atoms with Gasteiger partial charge in [-0.2, -0.15) is 5.10 Å². The van der Waals surface area contributed by atoms with Crippen molar-refractivity contribution in [2.45, 2.75) is 26.7 Å². The highest BCUT2D eigenvalue weighted by atomic mass is 35.5. The molecule has 2 N–H and O–H groups in total. The van der Waals surface area contributed by atoms with Gasteiger partial charge in [0.05, 0.1) is 11.3 Å². The van der Waals surface area contributed by atoms with Gasteiger partial charge in [0.15, 0.2) is 0 Å². The Morgan fingerprint density at radius 2 is 2.26 bits per heavy atom. The number of piperidine rings is 1. The number of aromatic nitrogens is 2. The van der Waals surface area contributed by atoms with Crippen molar-refractivity contribution in [1.82, 2.24) is 20.4 Å². The standard InChI is InChI=1S/C13H22N4O.ClH/c1-9-12(10(2)17(3)16-9)13(18)15-8-11-5-4-6-14-7-11;/h11,14H,4-8H2,1-3H3,(H,15,18);1H. The average Bonchev–Trinajstić information content (AvgIpc) is 2.62. The third-order valence-corrected chi connectivity index (χ3v) is 3.69. The van der Waals surface area contributed by atoms with Gasteiger partial charge in [-0.3, -0.25) is 9.48 Å². The van der Waals surface area contributed by atoms with E-state index in [0.717, 1.165) is 36.6 Å². The van der Waals surface area contributed by atoms with Crippen molar-refractivity contribution in [2.24, 2.45) is 13.0 Å². The summed E-state index contributed by atoms with van der Waals surface area (Å²) in [6.07, 6.45) is 2.39. The fourth-order valence-corrected chi connectivity index (χ4v) is 2.53. The SMILES string of the molecule is Cc1nn(C)c(C)c1C(=O)NCC1CCCNC1.Cl. The van der Waals surface area contributed by atoms with Crippen LogP contribution in [0.5, 0.6) is 0 Å². The highest BCUT2D eigenvalue weighted by molar-refractivity contribution is 5.96. The number of halogens is 1. The molecule has 19 heavy (non-hydrogen) atoms. The highest BCUT2D eigenvalue weighted by Crippen LogP contribution is 2.13. The van der Waals surface area contributed by atoms with E-state index in [1.165, 1.54) is 12.8 Å². The lowest BCUT2D eigenvalue weighted by atomic mass is 9.99. The van der Waals surface area contributed by atoms with E-state index in [0.29, 0.717) is 5.92 Å². The summed E-state index contributed by atoms with van der Waals surface area (Å²) in [6.45, 7) is 6.66. The molecule has 0 aliphatic carbocycles. The Labute approximate surface area is 120 Å². The fourth-order valence-electron chi connectivity index (χ4n) is 2.53. The molecule has 5 nitrogen and oxygen atoms in total. The first-order chi connectivity index (χ1) is 8.59. The van der Waals surface area contributed by atoms with Crippen LogP contribution in [0.1, 0.15) is 34.6 Å². The lowest BCUT2D eigenvalue weighted by Gasteiger charge is -2.22. The maximum absolute atomic E-state index is 12.2. The Hall–Kier alpha value is -1.07. The van der Waals surface area contributed by atoms with Gasteiger partial charge in [-0.05, 0) is 45.7 Å².